The Morgan fingerprint density at radius 1 is 1.47 bits per heavy atom. The van der Waals surface area contributed by atoms with E-state index < -0.39 is 0 Å². The fourth-order valence-corrected chi connectivity index (χ4v) is 1.63. The van der Waals surface area contributed by atoms with Crippen molar-refractivity contribution >= 4 is 17.6 Å². The smallest absolute Gasteiger partial charge is 0.339 e. The van der Waals surface area contributed by atoms with Crippen molar-refractivity contribution < 1.29 is 9.53 Å². The van der Waals surface area contributed by atoms with Crippen molar-refractivity contribution in [1.29, 1.82) is 0 Å². The summed E-state index contributed by atoms with van der Waals surface area (Å²) in [6, 6.07) is 5.48. The van der Waals surface area contributed by atoms with Crippen molar-refractivity contribution in [2.75, 3.05) is 7.11 Å². The highest BCUT2D eigenvalue weighted by Crippen LogP contribution is 2.20. The van der Waals surface area contributed by atoms with Gasteiger partial charge in [0.25, 0.3) is 0 Å². The molecule has 0 aliphatic rings. The van der Waals surface area contributed by atoms with Gasteiger partial charge >= 0.3 is 5.97 Å². The molecule has 0 aliphatic heterocycles. The molecule has 1 aromatic rings. The fraction of sp³-hybridized carbons (Fsp3) is 0.417. The summed E-state index contributed by atoms with van der Waals surface area (Å²) in [5.41, 5.74) is 1.55. The third-order valence-electron chi connectivity index (χ3n) is 2.08. The minimum atomic E-state index is -0.384. The summed E-state index contributed by atoms with van der Waals surface area (Å²) in [6.45, 7) is 4.26. The lowest BCUT2D eigenvalue weighted by atomic mass is 10.0. The van der Waals surface area contributed by atoms with Crippen LogP contribution in [0.4, 0.5) is 0 Å². The predicted molar refractivity (Wildman–Crippen MR) is 61.3 cm³/mol. The van der Waals surface area contributed by atoms with Gasteiger partial charge in [0, 0.05) is 0 Å². The molecule has 15 heavy (non-hydrogen) atoms. The molecule has 3 heteroatoms. The number of halogens is 1. The van der Waals surface area contributed by atoms with Crippen molar-refractivity contribution in [3.63, 3.8) is 0 Å². The van der Waals surface area contributed by atoms with Gasteiger partial charge in [-0.25, -0.2) is 4.79 Å². The molecule has 1 aromatic carbocycles. The van der Waals surface area contributed by atoms with Crippen LogP contribution in [0.3, 0.4) is 0 Å². The number of ether oxygens (including phenoxy) is 1. The van der Waals surface area contributed by atoms with Crippen LogP contribution in [0.1, 0.15) is 29.8 Å². The van der Waals surface area contributed by atoms with E-state index in [2.05, 4.69) is 18.6 Å². The number of carbonyl (C=O) groups excluding carboxylic acids is 1. The second kappa shape index (κ2) is 5.17. The van der Waals surface area contributed by atoms with Gasteiger partial charge in [0.2, 0.25) is 0 Å². The quantitative estimate of drug-likeness (QED) is 0.739. The molecule has 0 radical (unpaired) electrons. The maximum Gasteiger partial charge on any atom is 0.339 e. The van der Waals surface area contributed by atoms with Crippen LogP contribution < -0.4 is 0 Å². The highest BCUT2D eigenvalue weighted by molar-refractivity contribution is 6.33. The first-order chi connectivity index (χ1) is 7.04. The maximum absolute atomic E-state index is 11.4. The van der Waals surface area contributed by atoms with E-state index in [4.69, 9.17) is 11.6 Å². The zero-order chi connectivity index (χ0) is 11.4. The molecule has 0 saturated carbocycles. The minimum absolute atomic E-state index is 0.384. The lowest BCUT2D eigenvalue weighted by molar-refractivity contribution is 0.0601. The van der Waals surface area contributed by atoms with Gasteiger partial charge in [0.15, 0.2) is 0 Å². The highest BCUT2D eigenvalue weighted by atomic mass is 35.5. The van der Waals surface area contributed by atoms with Gasteiger partial charge in [0.1, 0.15) is 0 Å². The van der Waals surface area contributed by atoms with Gasteiger partial charge < -0.3 is 4.74 Å². The van der Waals surface area contributed by atoms with Crippen molar-refractivity contribution in [2.24, 2.45) is 5.92 Å². The standard InChI is InChI=1S/C12H15ClO2/c1-8(2)6-9-4-5-11(13)10(7-9)12(14)15-3/h4-5,7-8H,6H2,1-3H3. The van der Waals surface area contributed by atoms with Gasteiger partial charge in [-0.05, 0) is 30.0 Å². The topological polar surface area (TPSA) is 26.3 Å². The summed E-state index contributed by atoms with van der Waals surface area (Å²) in [4.78, 5) is 11.4. The van der Waals surface area contributed by atoms with Crippen LogP contribution in [0.15, 0.2) is 18.2 Å². The summed E-state index contributed by atoms with van der Waals surface area (Å²) in [5.74, 6) is 0.169. The molecule has 0 fully saturated rings. The van der Waals surface area contributed by atoms with E-state index in [9.17, 15) is 4.79 Å². The van der Waals surface area contributed by atoms with Gasteiger partial charge in [-0.1, -0.05) is 31.5 Å². The van der Waals surface area contributed by atoms with Crippen LogP contribution in [0.5, 0.6) is 0 Å². The molecule has 0 heterocycles. The maximum atomic E-state index is 11.4. The summed E-state index contributed by atoms with van der Waals surface area (Å²) >= 11 is 5.91. The Hall–Kier alpha value is -1.02. The van der Waals surface area contributed by atoms with Gasteiger partial charge in [-0.3, -0.25) is 0 Å². The van der Waals surface area contributed by atoms with Crippen molar-refractivity contribution in [3.8, 4) is 0 Å². The average Bonchev–Trinajstić information content (AvgIpc) is 2.19. The van der Waals surface area contributed by atoms with Crippen LogP contribution in [-0.4, -0.2) is 13.1 Å². The van der Waals surface area contributed by atoms with Crippen LogP contribution in [0.25, 0.3) is 0 Å². The Balaban J connectivity index is 3.00. The zero-order valence-corrected chi connectivity index (χ0v) is 9.97. The molecule has 82 valence electrons. The number of hydrogen-bond donors (Lipinski definition) is 0. The molecule has 0 N–H and O–H groups in total. The molecule has 0 aliphatic carbocycles. The van der Waals surface area contributed by atoms with E-state index in [-0.39, 0.29) is 5.97 Å². The third-order valence-corrected chi connectivity index (χ3v) is 2.41. The van der Waals surface area contributed by atoms with Crippen molar-refractivity contribution in [3.05, 3.63) is 34.3 Å². The molecule has 0 spiro atoms. The van der Waals surface area contributed by atoms with Gasteiger partial charge in [-0.15, -0.1) is 0 Å². The Morgan fingerprint density at radius 2 is 2.13 bits per heavy atom. The number of hydrogen-bond acceptors (Lipinski definition) is 2. The number of esters is 1. The first-order valence-corrected chi connectivity index (χ1v) is 5.29. The summed E-state index contributed by atoms with van der Waals surface area (Å²) in [6.07, 6.45) is 0.932. The molecule has 0 atom stereocenters. The fourth-order valence-electron chi connectivity index (χ4n) is 1.44. The van der Waals surface area contributed by atoms with Gasteiger partial charge in [-0.2, -0.15) is 0 Å². The third kappa shape index (κ3) is 3.24. The zero-order valence-electron chi connectivity index (χ0n) is 9.21. The molecule has 0 amide bonds. The lowest BCUT2D eigenvalue weighted by Gasteiger charge is -2.08. The molecular formula is C12H15ClO2. The molecule has 0 unspecified atom stereocenters. The van der Waals surface area contributed by atoms with Crippen LogP contribution in [-0.2, 0) is 11.2 Å². The minimum Gasteiger partial charge on any atom is -0.465 e. The Labute approximate surface area is 95.2 Å². The van der Waals surface area contributed by atoms with Crippen molar-refractivity contribution in [2.45, 2.75) is 20.3 Å². The van der Waals surface area contributed by atoms with Crippen LogP contribution >= 0.6 is 11.6 Å². The second-order valence-corrected chi connectivity index (χ2v) is 4.31. The van der Waals surface area contributed by atoms with E-state index >= 15 is 0 Å². The molecule has 0 aromatic heterocycles. The number of rotatable bonds is 3. The normalized spacial score (nSPS) is 10.5. The molecular weight excluding hydrogens is 212 g/mol. The Morgan fingerprint density at radius 3 is 2.67 bits per heavy atom. The number of carbonyl (C=O) groups is 1. The van der Waals surface area contributed by atoms with Crippen LogP contribution in [0, 0.1) is 5.92 Å². The summed E-state index contributed by atoms with van der Waals surface area (Å²) in [5, 5.41) is 0.439. The lowest BCUT2D eigenvalue weighted by Crippen LogP contribution is -2.04. The number of methoxy groups -OCH3 is 1. The summed E-state index contributed by atoms with van der Waals surface area (Å²) < 4.78 is 4.65. The van der Waals surface area contributed by atoms with Crippen LogP contribution in [0.2, 0.25) is 5.02 Å². The second-order valence-electron chi connectivity index (χ2n) is 3.90. The van der Waals surface area contributed by atoms with E-state index in [1.165, 1.54) is 7.11 Å². The average molecular weight is 227 g/mol. The Bertz CT molecular complexity index is 359. The SMILES string of the molecule is COC(=O)c1cc(CC(C)C)ccc1Cl. The van der Waals surface area contributed by atoms with E-state index in [0.717, 1.165) is 12.0 Å². The first-order valence-electron chi connectivity index (χ1n) is 4.91. The van der Waals surface area contributed by atoms with E-state index in [1.807, 2.05) is 6.07 Å². The van der Waals surface area contributed by atoms with E-state index in [1.54, 1.807) is 12.1 Å². The first kappa shape index (κ1) is 12.1. The number of benzene rings is 1. The largest absolute Gasteiger partial charge is 0.465 e. The van der Waals surface area contributed by atoms with E-state index in [0.29, 0.717) is 16.5 Å². The Kier molecular flexibility index (Phi) is 4.15. The molecule has 0 saturated heterocycles. The summed E-state index contributed by atoms with van der Waals surface area (Å²) in [7, 11) is 1.35. The predicted octanol–water partition coefficient (Wildman–Crippen LogP) is 3.33. The van der Waals surface area contributed by atoms with Crippen molar-refractivity contribution in [1.82, 2.24) is 0 Å². The molecule has 1 rings (SSSR count). The monoisotopic (exact) mass is 226 g/mol. The molecule has 2 nitrogen and oxygen atoms in total. The highest BCUT2D eigenvalue weighted by Gasteiger charge is 2.11. The van der Waals surface area contributed by atoms with Gasteiger partial charge in [0.05, 0.1) is 17.7 Å². The molecule has 0 bridgehead atoms.